The molecule has 11 heteroatoms. The second-order valence-corrected chi connectivity index (χ2v) is 9.18. The van der Waals surface area contributed by atoms with Crippen LogP contribution in [0, 0.1) is 5.92 Å². The number of ketones is 1. The average Bonchev–Trinajstić information content (AvgIpc) is 3.51. The number of hydrogen-bond donors (Lipinski definition) is 3. The van der Waals surface area contributed by atoms with Crippen molar-refractivity contribution < 1.29 is 14.6 Å². The number of methoxy groups -OCH3 is 1. The maximum atomic E-state index is 12.7. The molecule has 1 aliphatic rings. The highest BCUT2D eigenvalue weighted by Crippen LogP contribution is 2.37. The first kappa shape index (κ1) is 24.4. The van der Waals surface area contributed by atoms with Gasteiger partial charge in [0.25, 0.3) is 0 Å². The molecule has 1 aliphatic carbocycles. The molecule has 3 N–H and O–H groups in total. The van der Waals surface area contributed by atoms with Gasteiger partial charge in [0.2, 0.25) is 0 Å². The van der Waals surface area contributed by atoms with Gasteiger partial charge in [-0.15, -0.1) is 0 Å². The quantitative estimate of drug-likeness (QED) is 0.276. The third-order valence-electron chi connectivity index (χ3n) is 6.41. The van der Waals surface area contributed by atoms with Crippen LogP contribution in [0.2, 0.25) is 0 Å². The van der Waals surface area contributed by atoms with Crippen LogP contribution in [0.3, 0.4) is 0 Å². The van der Waals surface area contributed by atoms with Crippen molar-refractivity contribution in [3.05, 3.63) is 54.6 Å². The van der Waals surface area contributed by atoms with Crippen LogP contribution in [-0.2, 0) is 13.6 Å². The largest absolute Gasteiger partial charge is 0.494 e. The van der Waals surface area contributed by atoms with E-state index in [0.29, 0.717) is 52.5 Å². The number of nitrogens with zero attached hydrogens (tertiary/aromatic N) is 6. The Bertz CT molecular complexity index is 1410. The van der Waals surface area contributed by atoms with Crippen molar-refractivity contribution in [1.29, 1.82) is 0 Å². The minimum absolute atomic E-state index is 0.0324. The second kappa shape index (κ2) is 10.4. The molecular formula is C26H30N8O3. The fourth-order valence-electron chi connectivity index (χ4n) is 4.45. The zero-order valence-corrected chi connectivity index (χ0v) is 21.0. The number of para-hydroxylation sites is 1. The van der Waals surface area contributed by atoms with E-state index in [9.17, 15) is 9.90 Å². The maximum absolute atomic E-state index is 12.7. The van der Waals surface area contributed by atoms with Crippen LogP contribution in [0.25, 0.3) is 11.4 Å². The number of Topliss-reactive ketones (excluding diaryl/α,β-unsaturated/α-hetero) is 1. The van der Waals surface area contributed by atoms with Crippen LogP contribution in [0.5, 0.6) is 5.75 Å². The Kier molecular flexibility index (Phi) is 6.87. The molecule has 1 aromatic carbocycles. The Morgan fingerprint density at radius 2 is 1.97 bits per heavy atom. The summed E-state index contributed by atoms with van der Waals surface area (Å²) in [6.45, 7) is 2.59. The lowest BCUT2D eigenvalue weighted by atomic mass is 9.82. The second-order valence-electron chi connectivity index (χ2n) is 9.18. The van der Waals surface area contributed by atoms with E-state index < -0.39 is 0 Å². The fourth-order valence-corrected chi connectivity index (χ4v) is 4.45. The summed E-state index contributed by atoms with van der Waals surface area (Å²) in [7, 11) is 3.39. The van der Waals surface area contributed by atoms with Gasteiger partial charge in [0, 0.05) is 44.5 Å². The molecule has 3 heterocycles. The van der Waals surface area contributed by atoms with Crippen molar-refractivity contribution in [2.75, 3.05) is 17.7 Å². The van der Waals surface area contributed by atoms with Crippen LogP contribution >= 0.6 is 0 Å². The van der Waals surface area contributed by atoms with Gasteiger partial charge in [-0.05, 0) is 30.9 Å². The smallest absolute Gasteiger partial charge is 0.184 e. The van der Waals surface area contributed by atoms with Crippen molar-refractivity contribution in [1.82, 2.24) is 29.5 Å². The summed E-state index contributed by atoms with van der Waals surface area (Å²) in [5.74, 6) is 2.71. The van der Waals surface area contributed by atoms with E-state index in [4.69, 9.17) is 4.74 Å². The lowest BCUT2D eigenvalue weighted by molar-refractivity contribution is 0.0337. The first-order chi connectivity index (χ1) is 17.9. The highest BCUT2D eigenvalue weighted by molar-refractivity contribution is 6.02. The van der Waals surface area contributed by atoms with Crippen molar-refractivity contribution in [3.63, 3.8) is 0 Å². The average molecular weight is 503 g/mol. The zero-order chi connectivity index (χ0) is 25.9. The Morgan fingerprint density at radius 3 is 2.68 bits per heavy atom. The molecule has 5 rings (SSSR count). The van der Waals surface area contributed by atoms with Crippen LogP contribution < -0.4 is 15.4 Å². The summed E-state index contributed by atoms with van der Waals surface area (Å²) in [5, 5.41) is 25.1. The third-order valence-corrected chi connectivity index (χ3v) is 6.41. The number of anilines is 4. The van der Waals surface area contributed by atoms with Gasteiger partial charge in [0.15, 0.2) is 23.2 Å². The molecular weight excluding hydrogens is 472 g/mol. The van der Waals surface area contributed by atoms with Crippen LogP contribution in [0.15, 0.2) is 49.1 Å². The summed E-state index contributed by atoms with van der Waals surface area (Å²) in [4.78, 5) is 21.5. The van der Waals surface area contributed by atoms with Crippen molar-refractivity contribution in [3.8, 4) is 17.1 Å². The number of carbonyl (C=O) groups is 1. The first-order valence-corrected chi connectivity index (χ1v) is 12.2. The molecule has 11 nitrogen and oxygen atoms in total. The predicted molar refractivity (Wildman–Crippen MR) is 139 cm³/mol. The highest BCUT2D eigenvalue weighted by Gasteiger charge is 2.27. The molecule has 0 atom stereocenters. The number of rotatable bonds is 10. The Hall–Kier alpha value is -4.25. The number of aryl methyl sites for hydroxylation is 1. The van der Waals surface area contributed by atoms with Gasteiger partial charge in [0.1, 0.15) is 12.1 Å². The van der Waals surface area contributed by atoms with Gasteiger partial charge in [0.05, 0.1) is 35.7 Å². The van der Waals surface area contributed by atoms with E-state index in [1.807, 2.05) is 42.1 Å². The minimum Gasteiger partial charge on any atom is -0.494 e. The number of pyridine rings is 1. The standard InChI is InChI=1S/C26H30N8O3/c1-4-22(36)19-13-27-24(30-23-8-9-34(31-23)14-16-10-17(35)11-16)12-21(19)29-20-7-5-6-18(25(20)37-3)26-28-15-33(2)32-26/h5-9,12-13,15-17,35H,4,10-11,14H2,1-3H3,(H2,27,29,30,31). The number of aliphatic hydroxyl groups excluding tert-OH is 1. The third kappa shape index (κ3) is 5.31. The number of ether oxygens (including phenoxy) is 1. The number of benzene rings is 1. The van der Waals surface area contributed by atoms with Crippen LogP contribution in [-0.4, -0.2) is 53.6 Å². The zero-order valence-electron chi connectivity index (χ0n) is 21.0. The SMILES string of the molecule is CCC(=O)c1cnc(Nc2ccn(CC3CC(O)C3)n2)cc1Nc1cccc(-c2ncn(C)n2)c1OC. The summed E-state index contributed by atoms with van der Waals surface area (Å²) >= 11 is 0. The van der Waals surface area contributed by atoms with Crippen molar-refractivity contribution in [2.24, 2.45) is 13.0 Å². The number of nitrogens with one attached hydrogen (secondary N) is 2. The topological polar surface area (TPSA) is 132 Å². The van der Waals surface area contributed by atoms with Gasteiger partial charge < -0.3 is 20.5 Å². The number of aromatic nitrogens is 6. The van der Waals surface area contributed by atoms with E-state index in [-0.39, 0.29) is 11.9 Å². The number of hydrogen-bond acceptors (Lipinski definition) is 9. The predicted octanol–water partition coefficient (Wildman–Crippen LogP) is 3.93. The molecule has 0 amide bonds. The molecule has 1 saturated carbocycles. The molecule has 0 saturated heterocycles. The molecule has 192 valence electrons. The Labute approximate surface area is 214 Å². The molecule has 3 aromatic heterocycles. The molecule has 0 spiro atoms. The van der Waals surface area contributed by atoms with Gasteiger partial charge in [-0.1, -0.05) is 13.0 Å². The minimum atomic E-state index is -0.183. The highest BCUT2D eigenvalue weighted by atomic mass is 16.5. The summed E-state index contributed by atoms with van der Waals surface area (Å²) in [5.41, 5.74) is 2.47. The molecule has 4 aromatic rings. The molecule has 0 aliphatic heterocycles. The first-order valence-electron chi connectivity index (χ1n) is 12.2. The van der Waals surface area contributed by atoms with Gasteiger partial charge >= 0.3 is 0 Å². The summed E-state index contributed by atoms with van der Waals surface area (Å²) in [6.07, 6.45) is 6.89. The van der Waals surface area contributed by atoms with Gasteiger partial charge in [-0.2, -0.15) is 10.2 Å². The van der Waals surface area contributed by atoms with Crippen LogP contribution in [0.1, 0.15) is 36.5 Å². The molecule has 37 heavy (non-hydrogen) atoms. The number of carbonyl (C=O) groups excluding carboxylic acids is 1. The normalized spacial score (nSPS) is 16.8. The van der Waals surface area contributed by atoms with E-state index in [2.05, 4.69) is 30.8 Å². The maximum Gasteiger partial charge on any atom is 0.184 e. The van der Waals surface area contributed by atoms with Crippen molar-refractivity contribution >= 4 is 28.8 Å². The molecule has 0 bridgehead atoms. The number of aliphatic hydroxyl groups is 1. The lowest BCUT2D eigenvalue weighted by Gasteiger charge is -2.31. The lowest BCUT2D eigenvalue weighted by Crippen LogP contribution is -2.31. The van der Waals surface area contributed by atoms with Crippen molar-refractivity contribution in [2.45, 2.75) is 38.8 Å². The summed E-state index contributed by atoms with van der Waals surface area (Å²) < 4.78 is 9.22. The van der Waals surface area contributed by atoms with Gasteiger partial charge in [-0.3, -0.25) is 14.2 Å². The molecule has 0 unspecified atom stereocenters. The van der Waals surface area contributed by atoms with E-state index in [1.54, 1.807) is 37.4 Å². The monoisotopic (exact) mass is 502 g/mol. The van der Waals surface area contributed by atoms with Crippen LogP contribution in [0.4, 0.5) is 23.0 Å². The van der Waals surface area contributed by atoms with E-state index in [0.717, 1.165) is 24.9 Å². The fraction of sp³-hybridized carbons (Fsp3) is 0.346. The van der Waals surface area contributed by atoms with E-state index >= 15 is 0 Å². The molecule has 0 radical (unpaired) electrons. The Balaban J connectivity index is 1.41. The van der Waals surface area contributed by atoms with E-state index in [1.165, 1.54) is 0 Å². The molecule has 1 fully saturated rings. The summed E-state index contributed by atoms with van der Waals surface area (Å²) in [6, 6.07) is 9.30. The Morgan fingerprint density at radius 1 is 1.14 bits per heavy atom. The van der Waals surface area contributed by atoms with Gasteiger partial charge in [-0.25, -0.2) is 9.97 Å².